The van der Waals surface area contributed by atoms with Crippen molar-refractivity contribution in [3.05, 3.63) is 0 Å². The summed E-state index contributed by atoms with van der Waals surface area (Å²) in [6.07, 6.45) is 2.79. The Hall–Kier alpha value is -0.530. The summed E-state index contributed by atoms with van der Waals surface area (Å²) in [7, 11) is 0. The van der Waals surface area contributed by atoms with Gasteiger partial charge < -0.3 is 4.74 Å². The fourth-order valence-corrected chi connectivity index (χ4v) is 0.475. The van der Waals surface area contributed by atoms with Crippen LogP contribution in [0.1, 0.15) is 47.0 Å². The van der Waals surface area contributed by atoms with Crippen LogP contribution in [0.25, 0.3) is 0 Å². The molecule has 2 nitrogen and oxygen atoms in total. The number of hydrogen-bond acceptors (Lipinski definition) is 2. The summed E-state index contributed by atoms with van der Waals surface area (Å²) in [5.41, 5.74) is 0. The summed E-state index contributed by atoms with van der Waals surface area (Å²) in [5.74, 6) is -0.0463. The quantitative estimate of drug-likeness (QED) is 0.509. The molecule has 0 spiro atoms. The molecule has 1 saturated heterocycles. The standard InChI is InChI=1S/C4H6O2.C3H8.C2H6/c5-4-2-1-3-6-4;1-3-2;1-2/h1-3H2;3H2,1-2H3;1-2H3. The molecule has 1 fully saturated rings. The Labute approximate surface area is 69.9 Å². The van der Waals surface area contributed by atoms with Crippen molar-refractivity contribution in [3.63, 3.8) is 0 Å². The summed E-state index contributed by atoms with van der Waals surface area (Å²) in [5, 5.41) is 0. The van der Waals surface area contributed by atoms with E-state index in [0.717, 1.165) is 6.42 Å². The molecule has 0 atom stereocenters. The number of rotatable bonds is 0. The molecule has 0 unspecified atom stereocenters. The van der Waals surface area contributed by atoms with Crippen LogP contribution in [0.3, 0.4) is 0 Å². The van der Waals surface area contributed by atoms with Gasteiger partial charge in [-0.15, -0.1) is 0 Å². The van der Waals surface area contributed by atoms with E-state index in [-0.39, 0.29) is 5.97 Å². The highest BCUT2D eigenvalue weighted by molar-refractivity contribution is 5.70. The lowest BCUT2D eigenvalue weighted by Crippen LogP contribution is -1.88. The largest absolute Gasteiger partial charge is 0.466 e. The van der Waals surface area contributed by atoms with Crippen molar-refractivity contribution in [3.8, 4) is 0 Å². The lowest BCUT2D eigenvalue weighted by atomic mass is 10.4. The normalized spacial score (nSPS) is 13.6. The summed E-state index contributed by atoms with van der Waals surface area (Å²) in [4.78, 5) is 10.0. The molecule has 1 aliphatic rings. The molecule has 0 aromatic heterocycles. The Morgan fingerprint density at radius 1 is 1.36 bits per heavy atom. The molecule has 11 heavy (non-hydrogen) atoms. The Bertz CT molecular complexity index is 71.6. The molecule has 1 aliphatic heterocycles. The molecule has 0 radical (unpaired) electrons. The van der Waals surface area contributed by atoms with E-state index < -0.39 is 0 Å². The van der Waals surface area contributed by atoms with Crippen LogP contribution in [0.2, 0.25) is 0 Å². The first-order valence-electron chi connectivity index (χ1n) is 4.46. The molecular formula is C9H20O2. The summed E-state index contributed by atoms with van der Waals surface area (Å²) in [6.45, 7) is 8.89. The van der Waals surface area contributed by atoms with Crippen molar-refractivity contribution in [2.45, 2.75) is 47.0 Å². The molecule has 0 saturated carbocycles. The van der Waals surface area contributed by atoms with Gasteiger partial charge in [-0.1, -0.05) is 34.1 Å². The van der Waals surface area contributed by atoms with Crippen LogP contribution in [0.15, 0.2) is 0 Å². The van der Waals surface area contributed by atoms with E-state index in [1.807, 2.05) is 13.8 Å². The van der Waals surface area contributed by atoms with E-state index in [1.165, 1.54) is 6.42 Å². The highest BCUT2D eigenvalue weighted by Crippen LogP contribution is 2.01. The first kappa shape index (κ1) is 13.1. The van der Waals surface area contributed by atoms with Crippen LogP contribution in [0, 0.1) is 0 Å². The predicted molar refractivity (Wildman–Crippen MR) is 47.5 cm³/mol. The second-order valence-corrected chi connectivity index (χ2v) is 2.03. The molecule has 0 amide bonds. The number of ether oxygens (including phenoxy) is 1. The summed E-state index contributed by atoms with van der Waals surface area (Å²) in [6, 6.07) is 0. The van der Waals surface area contributed by atoms with Crippen LogP contribution in [-0.4, -0.2) is 12.6 Å². The van der Waals surface area contributed by atoms with Crippen molar-refractivity contribution in [2.24, 2.45) is 0 Å². The Morgan fingerprint density at radius 2 is 1.82 bits per heavy atom. The van der Waals surface area contributed by atoms with Gasteiger partial charge in [-0.05, 0) is 6.42 Å². The van der Waals surface area contributed by atoms with Crippen molar-refractivity contribution >= 4 is 5.97 Å². The second kappa shape index (κ2) is 12.2. The van der Waals surface area contributed by atoms with Gasteiger partial charge in [-0.2, -0.15) is 0 Å². The van der Waals surface area contributed by atoms with Crippen LogP contribution in [0.5, 0.6) is 0 Å². The first-order valence-corrected chi connectivity index (χ1v) is 4.46. The molecule has 1 heterocycles. The third-order valence-electron chi connectivity index (χ3n) is 0.788. The highest BCUT2D eigenvalue weighted by atomic mass is 16.5. The fraction of sp³-hybridized carbons (Fsp3) is 0.889. The SMILES string of the molecule is CC.CCC.O=C1CCCO1. The topological polar surface area (TPSA) is 26.3 Å². The van der Waals surface area contributed by atoms with Crippen LogP contribution in [-0.2, 0) is 9.53 Å². The minimum atomic E-state index is -0.0463. The average Bonchev–Trinajstić information content (AvgIpc) is 2.46. The zero-order valence-corrected chi connectivity index (χ0v) is 8.14. The van der Waals surface area contributed by atoms with Crippen molar-refractivity contribution in [1.82, 2.24) is 0 Å². The Balaban J connectivity index is 0. The highest BCUT2D eigenvalue weighted by Gasteiger charge is 2.08. The molecule has 0 bridgehead atoms. The van der Waals surface area contributed by atoms with Gasteiger partial charge in [0, 0.05) is 6.42 Å². The fourth-order valence-electron chi connectivity index (χ4n) is 0.475. The third-order valence-corrected chi connectivity index (χ3v) is 0.788. The van der Waals surface area contributed by atoms with Gasteiger partial charge in [0.1, 0.15) is 0 Å². The number of carbonyl (C=O) groups excluding carboxylic acids is 1. The minimum absolute atomic E-state index is 0.0463. The van der Waals surface area contributed by atoms with Crippen LogP contribution in [0.4, 0.5) is 0 Å². The van der Waals surface area contributed by atoms with E-state index >= 15 is 0 Å². The summed E-state index contributed by atoms with van der Waals surface area (Å²) >= 11 is 0. The lowest BCUT2D eigenvalue weighted by Gasteiger charge is -1.81. The second-order valence-electron chi connectivity index (χ2n) is 2.03. The molecule has 0 aromatic rings. The number of esters is 1. The first-order chi connectivity index (χ1) is 5.31. The van der Waals surface area contributed by atoms with Crippen molar-refractivity contribution in [1.29, 1.82) is 0 Å². The van der Waals surface area contributed by atoms with Gasteiger partial charge in [-0.25, -0.2) is 0 Å². The molecule has 68 valence electrons. The molecule has 1 rings (SSSR count). The maximum atomic E-state index is 10.0. The van der Waals surface area contributed by atoms with Crippen LogP contribution >= 0.6 is 0 Å². The molecule has 2 heteroatoms. The van der Waals surface area contributed by atoms with Gasteiger partial charge in [0.25, 0.3) is 0 Å². The zero-order valence-electron chi connectivity index (χ0n) is 8.14. The molecule has 0 N–H and O–H groups in total. The maximum absolute atomic E-state index is 10.0. The van der Waals surface area contributed by atoms with Gasteiger partial charge >= 0.3 is 5.97 Å². The van der Waals surface area contributed by atoms with Gasteiger partial charge in [0.05, 0.1) is 6.61 Å². The van der Waals surface area contributed by atoms with E-state index in [1.54, 1.807) is 0 Å². The lowest BCUT2D eigenvalue weighted by molar-refractivity contribution is -0.137. The molecule has 0 aliphatic carbocycles. The van der Waals surface area contributed by atoms with Crippen molar-refractivity contribution in [2.75, 3.05) is 6.61 Å². The zero-order chi connectivity index (χ0) is 9.11. The summed E-state index contributed by atoms with van der Waals surface area (Å²) < 4.78 is 4.51. The molecular weight excluding hydrogens is 140 g/mol. The Morgan fingerprint density at radius 3 is 1.91 bits per heavy atom. The number of carbonyl (C=O) groups is 1. The molecule has 0 aromatic carbocycles. The predicted octanol–water partition coefficient (Wildman–Crippen LogP) is 2.77. The minimum Gasteiger partial charge on any atom is -0.466 e. The Kier molecular flexibility index (Phi) is 14.5. The smallest absolute Gasteiger partial charge is 0.305 e. The van der Waals surface area contributed by atoms with E-state index in [4.69, 9.17) is 0 Å². The number of cyclic esters (lactones) is 1. The third kappa shape index (κ3) is 12.6. The van der Waals surface area contributed by atoms with Crippen molar-refractivity contribution < 1.29 is 9.53 Å². The number of hydrogen-bond donors (Lipinski definition) is 0. The van der Waals surface area contributed by atoms with Gasteiger partial charge in [0.15, 0.2) is 0 Å². The van der Waals surface area contributed by atoms with Gasteiger partial charge in [0.2, 0.25) is 0 Å². The van der Waals surface area contributed by atoms with Crippen LogP contribution < -0.4 is 0 Å². The van der Waals surface area contributed by atoms with E-state index in [2.05, 4.69) is 18.6 Å². The van der Waals surface area contributed by atoms with E-state index in [0.29, 0.717) is 13.0 Å². The van der Waals surface area contributed by atoms with Gasteiger partial charge in [-0.3, -0.25) is 4.79 Å². The maximum Gasteiger partial charge on any atom is 0.305 e. The average molecular weight is 160 g/mol. The monoisotopic (exact) mass is 160 g/mol. The van der Waals surface area contributed by atoms with E-state index in [9.17, 15) is 4.79 Å².